The molecule has 2 saturated heterocycles. The van der Waals surface area contributed by atoms with Gasteiger partial charge in [-0.05, 0) is 178 Å². The molecule has 3 aromatic carbocycles. The topological polar surface area (TPSA) is 263 Å². The third kappa shape index (κ3) is 23.7. The molecule has 3 aromatic rings. The van der Waals surface area contributed by atoms with Crippen molar-refractivity contribution in [2.75, 3.05) is 29.2 Å². The van der Waals surface area contributed by atoms with Crippen LogP contribution in [-0.2, 0) is 43.5 Å². The second-order valence-corrected chi connectivity index (χ2v) is 25.3. The number of ether oxygens (including phenoxy) is 7. The predicted octanol–water partition coefficient (Wildman–Crippen LogP) is 6.99. The molecule has 75 heavy (non-hydrogen) atoms. The summed E-state index contributed by atoms with van der Waals surface area (Å²) in [6, 6.07) is 19.4. The van der Waals surface area contributed by atoms with Gasteiger partial charge in [0.15, 0.2) is 0 Å². The second kappa shape index (κ2) is 27.1. The second-order valence-electron chi connectivity index (χ2n) is 25.3. The molecule has 0 aliphatic carbocycles. The smallest absolute Gasteiger partial charge is 0.229 e. The van der Waals surface area contributed by atoms with Gasteiger partial charge < -0.3 is 90.0 Å². The van der Waals surface area contributed by atoms with E-state index in [0.29, 0.717) is 42.7 Å². The van der Waals surface area contributed by atoms with Crippen LogP contribution in [0.1, 0.15) is 141 Å². The van der Waals surface area contributed by atoms with E-state index in [1.807, 2.05) is 107 Å². The molecule has 18 heteroatoms. The first kappa shape index (κ1) is 65.4. The van der Waals surface area contributed by atoms with Crippen LogP contribution in [0.25, 0.3) is 0 Å². The third-order valence-electron chi connectivity index (χ3n) is 10.8. The van der Waals surface area contributed by atoms with Crippen LogP contribution in [-0.4, -0.2) is 149 Å². The van der Waals surface area contributed by atoms with Gasteiger partial charge in [-0.3, -0.25) is 0 Å². The number of rotatable bonds is 15. The van der Waals surface area contributed by atoms with Crippen molar-refractivity contribution in [2.24, 2.45) is 0 Å². The maximum Gasteiger partial charge on any atom is 0.229 e. The predicted molar refractivity (Wildman–Crippen MR) is 292 cm³/mol. The quantitative estimate of drug-likeness (QED) is 0.0732. The summed E-state index contributed by atoms with van der Waals surface area (Å²) in [5.41, 5.74) is 4.51. The molecule has 0 aromatic heterocycles. The van der Waals surface area contributed by atoms with Crippen LogP contribution in [0.2, 0.25) is 0 Å². The number of hydrogen-bond acceptors (Lipinski definition) is 18. The number of anilines is 3. The Balaban J connectivity index is 0.000000308. The van der Waals surface area contributed by atoms with Crippen molar-refractivity contribution in [3.8, 4) is 11.5 Å². The van der Waals surface area contributed by atoms with Crippen molar-refractivity contribution >= 4 is 17.1 Å². The van der Waals surface area contributed by atoms with Gasteiger partial charge >= 0.3 is 0 Å². The molecule has 0 spiro atoms. The van der Waals surface area contributed by atoms with Crippen molar-refractivity contribution in [1.29, 1.82) is 0 Å². The lowest BCUT2D eigenvalue weighted by Gasteiger charge is -2.40. The largest absolute Gasteiger partial charge is 0.460 e. The van der Waals surface area contributed by atoms with E-state index in [0.717, 1.165) is 16.8 Å². The summed E-state index contributed by atoms with van der Waals surface area (Å²) in [5.74, 6) is 0.813. The van der Waals surface area contributed by atoms with E-state index in [1.54, 1.807) is 12.1 Å². The van der Waals surface area contributed by atoms with Crippen LogP contribution in [0.4, 0.5) is 17.1 Å². The molecule has 5 rings (SSSR count). The van der Waals surface area contributed by atoms with Crippen molar-refractivity contribution in [3.63, 3.8) is 0 Å². The van der Waals surface area contributed by atoms with E-state index in [4.69, 9.17) is 33.2 Å². The molecule has 2 aliphatic heterocycles. The molecule has 0 bridgehead atoms. The summed E-state index contributed by atoms with van der Waals surface area (Å²) in [7, 11) is 0. The van der Waals surface area contributed by atoms with Crippen LogP contribution < -0.4 is 25.4 Å². The van der Waals surface area contributed by atoms with Crippen LogP contribution in [0.5, 0.6) is 11.5 Å². The monoisotopic (exact) mass is 1060 g/mol. The van der Waals surface area contributed by atoms with Gasteiger partial charge in [0, 0.05) is 22.3 Å². The zero-order chi connectivity index (χ0) is 57.1. The van der Waals surface area contributed by atoms with Gasteiger partial charge in [-0.15, -0.1) is 0 Å². The highest BCUT2D eigenvalue weighted by Gasteiger charge is 2.46. The van der Waals surface area contributed by atoms with Gasteiger partial charge in [-0.1, -0.05) is 24.3 Å². The van der Waals surface area contributed by atoms with Gasteiger partial charge in [0.1, 0.15) is 60.3 Å². The molecular formula is C57H95N3O15. The fourth-order valence-electron chi connectivity index (χ4n) is 7.14. The molecule has 0 amide bonds. The lowest BCUT2D eigenvalue weighted by molar-refractivity contribution is -0.277. The van der Waals surface area contributed by atoms with Crippen LogP contribution >= 0.6 is 0 Å². The van der Waals surface area contributed by atoms with E-state index >= 15 is 0 Å². The molecule has 10 unspecified atom stereocenters. The normalized spacial score (nSPS) is 24.7. The van der Waals surface area contributed by atoms with Gasteiger partial charge in [0.25, 0.3) is 0 Å². The van der Waals surface area contributed by atoms with Crippen molar-refractivity contribution in [2.45, 2.75) is 239 Å². The lowest BCUT2D eigenvalue weighted by atomic mass is 9.99. The SMILES string of the molecule is CC(C)(C)Nc1cc(COC(C)(C)C)ccc1OC1OC(CO)C(O)C(O)C1O.CC(C)(C)Nc1cc(COC(C)(C)C)ccc1OC1OC(CO)C(O)C(O)C1O.CC(C)(C)Nc1ccc(COC(C)(C)C)cc1. The van der Waals surface area contributed by atoms with E-state index in [1.165, 1.54) is 5.56 Å². The number of aliphatic hydroxyl groups is 8. The molecule has 18 nitrogen and oxygen atoms in total. The number of aliphatic hydroxyl groups excluding tert-OH is 8. The Bertz CT molecular complexity index is 2030. The summed E-state index contributed by atoms with van der Waals surface area (Å²) in [6.07, 6.45) is -13.4. The van der Waals surface area contributed by atoms with Crippen molar-refractivity contribution in [1.82, 2.24) is 0 Å². The Kier molecular flexibility index (Phi) is 23.7. The Hall–Kier alpha value is -3.86. The minimum absolute atomic E-state index is 0.0810. The number of benzene rings is 3. The average molecular weight is 1060 g/mol. The third-order valence-corrected chi connectivity index (χ3v) is 10.8. The maximum atomic E-state index is 10.3. The van der Waals surface area contributed by atoms with Crippen molar-refractivity contribution in [3.05, 3.63) is 77.4 Å². The Morgan fingerprint density at radius 1 is 0.400 bits per heavy atom. The summed E-state index contributed by atoms with van der Waals surface area (Å²) < 4.78 is 40.0. The van der Waals surface area contributed by atoms with E-state index in [-0.39, 0.29) is 33.4 Å². The van der Waals surface area contributed by atoms with Gasteiger partial charge in [0.05, 0.1) is 61.2 Å². The first-order chi connectivity index (χ1) is 34.3. The lowest BCUT2D eigenvalue weighted by Crippen LogP contribution is -2.60. The number of hydrogen-bond donors (Lipinski definition) is 11. The highest BCUT2D eigenvalue weighted by molar-refractivity contribution is 5.60. The van der Waals surface area contributed by atoms with Gasteiger partial charge in [-0.25, -0.2) is 0 Å². The fourth-order valence-corrected chi connectivity index (χ4v) is 7.14. The minimum atomic E-state index is -1.50. The highest BCUT2D eigenvalue weighted by atomic mass is 16.7. The summed E-state index contributed by atoms with van der Waals surface area (Å²) in [6.45, 7) is 37.1. The van der Waals surface area contributed by atoms with E-state index in [2.05, 4.69) is 81.8 Å². The van der Waals surface area contributed by atoms with E-state index in [9.17, 15) is 40.9 Å². The van der Waals surface area contributed by atoms with Crippen molar-refractivity contribution < 1.29 is 74.0 Å². The Morgan fingerprint density at radius 3 is 1.00 bits per heavy atom. The molecule has 0 saturated carbocycles. The molecule has 2 heterocycles. The molecule has 2 aliphatic rings. The maximum absolute atomic E-state index is 10.3. The average Bonchev–Trinajstić information content (AvgIpc) is 3.27. The summed E-state index contributed by atoms with van der Waals surface area (Å²) >= 11 is 0. The van der Waals surface area contributed by atoms with Gasteiger partial charge in [0.2, 0.25) is 12.6 Å². The highest BCUT2D eigenvalue weighted by Crippen LogP contribution is 2.35. The Labute approximate surface area is 447 Å². The molecule has 10 atom stereocenters. The first-order valence-electron chi connectivity index (χ1n) is 25.8. The fraction of sp³-hybridized carbons (Fsp3) is 0.684. The first-order valence-corrected chi connectivity index (χ1v) is 25.8. The molecule has 0 radical (unpaired) electrons. The van der Waals surface area contributed by atoms with Crippen LogP contribution in [0, 0.1) is 0 Å². The van der Waals surface area contributed by atoms with E-state index < -0.39 is 74.6 Å². The number of nitrogens with one attached hydrogen (secondary N) is 3. The van der Waals surface area contributed by atoms with Crippen LogP contribution in [0.3, 0.4) is 0 Å². The minimum Gasteiger partial charge on any atom is -0.460 e. The zero-order valence-electron chi connectivity index (χ0n) is 48.0. The summed E-state index contributed by atoms with van der Waals surface area (Å²) in [5, 5.41) is 89.2. The molecule has 11 N–H and O–H groups in total. The van der Waals surface area contributed by atoms with Crippen LogP contribution in [0.15, 0.2) is 60.7 Å². The molecule has 2 fully saturated rings. The Morgan fingerprint density at radius 2 is 0.707 bits per heavy atom. The molecular weight excluding hydrogens is 967 g/mol. The summed E-state index contributed by atoms with van der Waals surface area (Å²) in [4.78, 5) is 0. The van der Waals surface area contributed by atoms with Gasteiger partial charge in [-0.2, -0.15) is 0 Å². The molecule has 428 valence electrons. The standard InChI is InChI=1S/2C21H35NO7.C15H25NO/c2*1-20(2,3)22-13-9-12(11-27-21(4,5)6)7-8-14(13)28-19-18(26)17(25)16(24)15(10-23)29-19;1-14(2,3)16-13-9-7-12(8-10-13)11-17-15(4,5)6/h2*7-9,15-19,22-26H,10-11H2,1-6H3;7-10,16H,11H2,1-6H3. The zero-order valence-corrected chi connectivity index (χ0v) is 48.0.